The molecular formula is C30H34N2O5S2. The van der Waals surface area contributed by atoms with E-state index in [1.165, 1.54) is 11.3 Å². The monoisotopic (exact) mass is 566 g/mol. The fourth-order valence-electron chi connectivity index (χ4n) is 4.47. The maximum Gasteiger partial charge on any atom is 0.338 e. The Morgan fingerprint density at radius 1 is 1.13 bits per heavy atom. The lowest BCUT2D eigenvalue weighted by Crippen LogP contribution is -2.39. The fraction of sp³-hybridized carbons (Fsp3) is 0.367. The van der Waals surface area contributed by atoms with Gasteiger partial charge in [0.2, 0.25) is 0 Å². The van der Waals surface area contributed by atoms with Crippen LogP contribution in [0, 0.1) is 0 Å². The van der Waals surface area contributed by atoms with E-state index in [1.54, 1.807) is 37.3 Å². The van der Waals surface area contributed by atoms with Crippen LogP contribution < -0.4 is 24.4 Å². The summed E-state index contributed by atoms with van der Waals surface area (Å²) in [6.07, 6.45) is 7.05. The van der Waals surface area contributed by atoms with E-state index in [4.69, 9.17) is 14.2 Å². The van der Waals surface area contributed by atoms with Crippen LogP contribution >= 0.6 is 23.1 Å². The first-order chi connectivity index (χ1) is 18.9. The Kier molecular flexibility index (Phi) is 9.69. The Bertz CT molecular complexity index is 1540. The number of carbonyl (C=O) groups is 1. The summed E-state index contributed by atoms with van der Waals surface area (Å²) in [4.78, 5) is 33.2. The zero-order valence-corrected chi connectivity index (χ0v) is 24.6. The van der Waals surface area contributed by atoms with Crippen molar-refractivity contribution >= 4 is 35.1 Å². The number of hydrogen-bond donors (Lipinski definition) is 0. The van der Waals surface area contributed by atoms with Crippen molar-refractivity contribution in [2.24, 2.45) is 4.99 Å². The lowest BCUT2D eigenvalue weighted by molar-refractivity contribution is -0.139. The highest BCUT2D eigenvalue weighted by Gasteiger charge is 2.33. The van der Waals surface area contributed by atoms with Crippen LogP contribution in [0.1, 0.15) is 57.2 Å². The molecule has 1 atom stereocenters. The number of methoxy groups -OCH3 is 1. The third-order valence-electron chi connectivity index (χ3n) is 6.44. The van der Waals surface area contributed by atoms with Gasteiger partial charge < -0.3 is 14.2 Å². The van der Waals surface area contributed by atoms with Gasteiger partial charge >= 0.3 is 5.97 Å². The summed E-state index contributed by atoms with van der Waals surface area (Å²) in [6, 6.07) is 12.9. The van der Waals surface area contributed by atoms with E-state index >= 15 is 0 Å². The number of benzene rings is 2. The van der Waals surface area contributed by atoms with E-state index in [1.807, 2.05) is 54.8 Å². The minimum Gasteiger partial charge on any atom is -0.493 e. The molecule has 0 bridgehead atoms. The molecular weight excluding hydrogens is 532 g/mol. The second kappa shape index (κ2) is 13.2. The Labute approximate surface area is 236 Å². The van der Waals surface area contributed by atoms with Crippen molar-refractivity contribution in [3.63, 3.8) is 0 Å². The van der Waals surface area contributed by atoms with Gasteiger partial charge in [-0.05, 0) is 68.0 Å². The molecule has 0 amide bonds. The number of rotatable bonds is 11. The van der Waals surface area contributed by atoms with Gasteiger partial charge in [0, 0.05) is 4.90 Å². The molecule has 7 nitrogen and oxygen atoms in total. The maximum atomic E-state index is 13.8. The van der Waals surface area contributed by atoms with Crippen LogP contribution in [0.3, 0.4) is 0 Å². The van der Waals surface area contributed by atoms with Crippen LogP contribution in [0.25, 0.3) is 6.08 Å². The first-order valence-electron chi connectivity index (χ1n) is 13.1. The lowest BCUT2D eigenvalue weighted by atomic mass is 9.96. The summed E-state index contributed by atoms with van der Waals surface area (Å²) >= 11 is 2.93. The number of esters is 1. The van der Waals surface area contributed by atoms with Crippen LogP contribution in [0.15, 0.2) is 68.4 Å². The topological polar surface area (TPSA) is 79.1 Å². The Hall–Kier alpha value is -3.30. The molecule has 0 radical (unpaired) electrons. The van der Waals surface area contributed by atoms with Crippen molar-refractivity contribution in [3.05, 3.63) is 84.5 Å². The first-order valence-corrected chi connectivity index (χ1v) is 15.1. The predicted octanol–water partition coefficient (Wildman–Crippen LogP) is 5.10. The number of aromatic nitrogens is 1. The van der Waals surface area contributed by atoms with Gasteiger partial charge in [-0.15, -0.1) is 11.8 Å². The van der Waals surface area contributed by atoms with Gasteiger partial charge in [0.15, 0.2) is 16.3 Å². The number of thiazole rings is 1. The molecule has 4 rings (SSSR count). The van der Waals surface area contributed by atoms with Gasteiger partial charge in [0.25, 0.3) is 5.56 Å². The number of ether oxygens (including phenoxy) is 3. The van der Waals surface area contributed by atoms with Crippen LogP contribution in [0.5, 0.6) is 11.5 Å². The fourth-order valence-corrected chi connectivity index (χ4v) is 5.93. The number of unbranched alkanes of at least 4 members (excludes halogenated alkanes) is 2. The van der Waals surface area contributed by atoms with Crippen molar-refractivity contribution in [2.75, 3.05) is 26.6 Å². The second-order valence-electron chi connectivity index (χ2n) is 9.04. The van der Waals surface area contributed by atoms with Crippen LogP contribution in [-0.4, -0.2) is 37.1 Å². The van der Waals surface area contributed by atoms with Crippen molar-refractivity contribution in [3.8, 4) is 11.5 Å². The number of fused-ring (bicyclic) bond motifs is 1. The summed E-state index contributed by atoms with van der Waals surface area (Å²) in [5.41, 5.74) is 2.33. The van der Waals surface area contributed by atoms with Gasteiger partial charge in [0.05, 0.1) is 42.2 Å². The normalized spacial score (nSPS) is 15.1. The van der Waals surface area contributed by atoms with E-state index in [-0.39, 0.29) is 12.2 Å². The maximum absolute atomic E-state index is 13.8. The standard InChI is InChI=1S/C30H34N2O5S2/c1-6-8-9-16-37-23-15-10-20(17-24(23)35-4)18-25-28(33)32-27(21-11-13-22(38-5)14-12-21)26(29(34)36-7-2)19(3)31-30(32)39-25/h10-15,17-18,27H,6-9,16H2,1-5H3. The average Bonchev–Trinajstić information content (AvgIpc) is 3.24. The number of carbonyl (C=O) groups excluding carboxylic acids is 1. The zero-order chi connectivity index (χ0) is 27.9. The third kappa shape index (κ3) is 6.31. The third-order valence-corrected chi connectivity index (χ3v) is 8.17. The summed E-state index contributed by atoms with van der Waals surface area (Å²) in [7, 11) is 1.61. The number of hydrogen-bond acceptors (Lipinski definition) is 8. The SMILES string of the molecule is CCCCCOc1ccc(C=c2sc3n(c2=O)C(c2ccc(SC)cc2)C(C(=O)OCC)=C(C)N=3)cc1OC. The first kappa shape index (κ1) is 28.7. The van der Waals surface area contributed by atoms with E-state index in [0.717, 1.165) is 35.3 Å². The van der Waals surface area contributed by atoms with Gasteiger partial charge in [-0.3, -0.25) is 9.36 Å². The number of allylic oxidation sites excluding steroid dienone is 1. The minimum absolute atomic E-state index is 0.217. The van der Waals surface area contributed by atoms with Gasteiger partial charge in [-0.2, -0.15) is 0 Å². The van der Waals surface area contributed by atoms with E-state index in [9.17, 15) is 9.59 Å². The molecule has 0 spiro atoms. The van der Waals surface area contributed by atoms with Crippen molar-refractivity contribution in [2.45, 2.75) is 51.0 Å². The summed E-state index contributed by atoms with van der Waals surface area (Å²) < 4.78 is 19.0. The van der Waals surface area contributed by atoms with E-state index in [2.05, 4.69) is 11.9 Å². The lowest BCUT2D eigenvalue weighted by Gasteiger charge is -2.24. The van der Waals surface area contributed by atoms with E-state index < -0.39 is 12.0 Å². The molecule has 0 saturated carbocycles. The molecule has 206 valence electrons. The molecule has 1 aromatic heterocycles. The highest BCUT2D eigenvalue weighted by Crippen LogP contribution is 2.32. The Morgan fingerprint density at radius 2 is 1.90 bits per heavy atom. The Balaban J connectivity index is 1.79. The van der Waals surface area contributed by atoms with E-state index in [0.29, 0.717) is 38.7 Å². The van der Waals surface area contributed by atoms with Crippen LogP contribution in [0.2, 0.25) is 0 Å². The van der Waals surface area contributed by atoms with Gasteiger partial charge in [-0.1, -0.05) is 49.3 Å². The molecule has 0 fully saturated rings. The molecule has 0 aliphatic carbocycles. The van der Waals surface area contributed by atoms with Gasteiger partial charge in [-0.25, -0.2) is 9.79 Å². The molecule has 3 aromatic rings. The highest BCUT2D eigenvalue weighted by atomic mass is 32.2. The van der Waals surface area contributed by atoms with Crippen LogP contribution in [-0.2, 0) is 9.53 Å². The van der Waals surface area contributed by atoms with Crippen molar-refractivity contribution in [1.82, 2.24) is 4.57 Å². The molecule has 0 N–H and O–H groups in total. The number of nitrogens with zero attached hydrogens (tertiary/aromatic N) is 2. The van der Waals surface area contributed by atoms with Crippen LogP contribution in [0.4, 0.5) is 0 Å². The smallest absolute Gasteiger partial charge is 0.338 e. The molecule has 0 saturated heterocycles. The summed E-state index contributed by atoms with van der Waals surface area (Å²) in [6.45, 7) is 6.57. The molecule has 2 aromatic carbocycles. The number of thioether (sulfide) groups is 1. The molecule has 1 aliphatic heterocycles. The molecule has 1 aliphatic rings. The predicted molar refractivity (Wildman–Crippen MR) is 157 cm³/mol. The average molecular weight is 567 g/mol. The minimum atomic E-state index is -0.633. The molecule has 1 unspecified atom stereocenters. The molecule has 9 heteroatoms. The second-order valence-corrected chi connectivity index (χ2v) is 10.9. The summed E-state index contributed by atoms with van der Waals surface area (Å²) in [5.74, 6) is 0.821. The molecule has 2 heterocycles. The summed E-state index contributed by atoms with van der Waals surface area (Å²) in [5, 5.41) is 0. The quantitative estimate of drug-likeness (QED) is 0.183. The van der Waals surface area contributed by atoms with Crippen molar-refractivity contribution in [1.29, 1.82) is 0 Å². The van der Waals surface area contributed by atoms with Gasteiger partial charge in [0.1, 0.15) is 0 Å². The largest absolute Gasteiger partial charge is 0.493 e. The Morgan fingerprint density at radius 3 is 2.56 bits per heavy atom. The van der Waals surface area contributed by atoms with Crippen molar-refractivity contribution < 1.29 is 19.0 Å². The molecule has 39 heavy (non-hydrogen) atoms. The highest BCUT2D eigenvalue weighted by molar-refractivity contribution is 7.98. The zero-order valence-electron chi connectivity index (χ0n) is 23.0.